The molecule has 0 radical (unpaired) electrons. The molecular formula is C23H30N4O5S. The molecule has 33 heavy (non-hydrogen) atoms. The van der Waals surface area contributed by atoms with E-state index in [0.29, 0.717) is 56.0 Å². The van der Waals surface area contributed by atoms with Crippen molar-refractivity contribution in [1.82, 2.24) is 4.31 Å². The van der Waals surface area contributed by atoms with Crippen molar-refractivity contribution in [2.45, 2.75) is 38.5 Å². The van der Waals surface area contributed by atoms with E-state index in [-0.39, 0.29) is 22.4 Å². The van der Waals surface area contributed by atoms with Crippen molar-refractivity contribution in [2.24, 2.45) is 5.92 Å². The highest BCUT2D eigenvalue weighted by atomic mass is 32.2. The molecule has 0 unspecified atom stereocenters. The highest BCUT2D eigenvalue weighted by molar-refractivity contribution is 7.89. The molecule has 1 fully saturated rings. The van der Waals surface area contributed by atoms with Crippen LogP contribution in [-0.4, -0.2) is 49.7 Å². The Morgan fingerprint density at radius 1 is 1.15 bits per heavy atom. The number of nitro groups is 1. The number of piperidine rings is 1. The predicted octanol–water partition coefficient (Wildman–Crippen LogP) is 3.79. The second kappa shape index (κ2) is 10.3. The van der Waals surface area contributed by atoms with Crippen molar-refractivity contribution in [1.29, 1.82) is 0 Å². The number of benzene rings is 2. The zero-order chi connectivity index (χ0) is 24.2. The third-order valence-corrected chi connectivity index (χ3v) is 8.26. The van der Waals surface area contributed by atoms with E-state index in [9.17, 15) is 23.3 Å². The van der Waals surface area contributed by atoms with Crippen molar-refractivity contribution in [2.75, 3.05) is 36.4 Å². The molecule has 2 aromatic rings. The summed E-state index contributed by atoms with van der Waals surface area (Å²) in [5.41, 5.74) is 1.68. The Morgan fingerprint density at radius 3 is 2.39 bits per heavy atom. The number of nitrogens with one attached hydrogen (secondary N) is 1. The van der Waals surface area contributed by atoms with Crippen LogP contribution < -0.4 is 10.2 Å². The van der Waals surface area contributed by atoms with E-state index in [1.54, 1.807) is 51.1 Å². The highest BCUT2D eigenvalue weighted by Crippen LogP contribution is 2.32. The van der Waals surface area contributed by atoms with Gasteiger partial charge < -0.3 is 10.2 Å². The number of anilines is 2. The number of carbonyl (C=O) groups is 1. The van der Waals surface area contributed by atoms with Gasteiger partial charge in [0.25, 0.3) is 5.69 Å². The molecule has 0 aromatic heterocycles. The second-order valence-corrected chi connectivity index (χ2v) is 9.97. The molecule has 0 aliphatic carbocycles. The van der Waals surface area contributed by atoms with Crippen LogP contribution >= 0.6 is 0 Å². The normalized spacial score (nSPS) is 15.0. The summed E-state index contributed by atoms with van der Waals surface area (Å²) in [5.74, 6) is -0.430. The highest BCUT2D eigenvalue weighted by Gasteiger charge is 2.29. The van der Waals surface area contributed by atoms with Gasteiger partial charge in [0.15, 0.2) is 0 Å². The number of nitrogens with zero attached hydrogens (tertiary/aromatic N) is 3. The molecular weight excluding hydrogens is 444 g/mol. The lowest BCUT2D eigenvalue weighted by Gasteiger charge is -2.32. The van der Waals surface area contributed by atoms with Crippen molar-refractivity contribution < 1.29 is 18.1 Å². The first kappa shape index (κ1) is 24.7. The summed E-state index contributed by atoms with van der Waals surface area (Å²) < 4.78 is 27.3. The Kier molecular flexibility index (Phi) is 7.70. The maximum Gasteiger partial charge on any atom is 0.292 e. The molecule has 1 saturated heterocycles. The quantitative estimate of drug-likeness (QED) is 0.460. The lowest BCUT2D eigenvalue weighted by Crippen LogP contribution is -2.38. The first-order valence-electron chi connectivity index (χ1n) is 11.1. The number of amides is 1. The third kappa shape index (κ3) is 5.33. The molecule has 0 spiro atoms. The Bertz CT molecular complexity index is 1120. The number of sulfonamides is 1. The first-order valence-corrected chi connectivity index (χ1v) is 12.5. The first-order chi connectivity index (χ1) is 15.7. The molecule has 0 saturated carbocycles. The van der Waals surface area contributed by atoms with E-state index >= 15 is 0 Å². The van der Waals surface area contributed by atoms with Crippen LogP contribution in [-0.2, 0) is 14.8 Å². The molecule has 0 bridgehead atoms. The lowest BCUT2D eigenvalue weighted by atomic mass is 9.95. The predicted molar refractivity (Wildman–Crippen MR) is 128 cm³/mol. The number of aryl methyl sites for hydroxylation is 1. The number of hydrogen-bond acceptors (Lipinski definition) is 6. The summed E-state index contributed by atoms with van der Waals surface area (Å²) in [5, 5.41) is 14.2. The number of nitro benzene ring substituents is 1. The van der Waals surface area contributed by atoms with Crippen LogP contribution in [0.3, 0.4) is 0 Å². The van der Waals surface area contributed by atoms with Crippen LogP contribution in [0.2, 0.25) is 0 Å². The number of para-hydroxylation sites is 2. The smallest absolute Gasteiger partial charge is 0.292 e. The minimum Gasteiger partial charge on any atom is -0.366 e. The van der Waals surface area contributed by atoms with Gasteiger partial charge in [-0.3, -0.25) is 14.9 Å². The van der Waals surface area contributed by atoms with Crippen LogP contribution in [0.5, 0.6) is 0 Å². The van der Waals surface area contributed by atoms with Crippen molar-refractivity contribution in [3.63, 3.8) is 0 Å². The molecule has 178 valence electrons. The summed E-state index contributed by atoms with van der Waals surface area (Å²) in [6.07, 6.45) is 1.10. The average Bonchev–Trinajstić information content (AvgIpc) is 2.81. The third-order valence-electron chi connectivity index (χ3n) is 6.06. The minimum atomic E-state index is -3.64. The maximum atomic E-state index is 13.0. The Morgan fingerprint density at radius 2 is 1.79 bits per heavy atom. The zero-order valence-corrected chi connectivity index (χ0v) is 20.0. The van der Waals surface area contributed by atoms with Gasteiger partial charge in [0.05, 0.1) is 9.82 Å². The number of hydrogen-bond donors (Lipinski definition) is 1. The maximum absolute atomic E-state index is 13.0. The molecule has 1 aliphatic rings. The van der Waals surface area contributed by atoms with Gasteiger partial charge in [0.1, 0.15) is 5.69 Å². The minimum absolute atomic E-state index is 0.0574. The molecule has 2 aromatic carbocycles. The van der Waals surface area contributed by atoms with E-state index in [4.69, 9.17) is 0 Å². The van der Waals surface area contributed by atoms with Gasteiger partial charge in [-0.1, -0.05) is 32.0 Å². The van der Waals surface area contributed by atoms with Crippen LogP contribution in [0, 0.1) is 23.0 Å². The van der Waals surface area contributed by atoms with Gasteiger partial charge in [-0.05, 0) is 43.5 Å². The summed E-state index contributed by atoms with van der Waals surface area (Å²) >= 11 is 0. The molecule has 1 heterocycles. The average molecular weight is 475 g/mol. The van der Waals surface area contributed by atoms with Gasteiger partial charge in [-0.25, -0.2) is 8.42 Å². The van der Waals surface area contributed by atoms with Gasteiger partial charge in [-0.2, -0.15) is 4.31 Å². The standard InChI is InChI=1S/C23H30N4O5S/c1-4-26(5-2)33(31,32)22-16-19(11-10-17(22)3)24-23(28)18-12-14-25(15-13-18)20-8-6-7-9-21(20)27(29)30/h6-11,16,18H,4-5,12-15H2,1-3H3,(H,24,28). The van der Waals surface area contributed by atoms with E-state index in [1.807, 2.05) is 4.90 Å². The van der Waals surface area contributed by atoms with Crippen LogP contribution in [0.25, 0.3) is 0 Å². The van der Waals surface area contributed by atoms with Gasteiger partial charge >= 0.3 is 0 Å². The Balaban J connectivity index is 1.69. The molecule has 3 rings (SSSR count). The summed E-state index contributed by atoms with van der Waals surface area (Å²) in [6.45, 7) is 7.11. The van der Waals surface area contributed by atoms with Crippen molar-refractivity contribution in [3.05, 3.63) is 58.1 Å². The van der Waals surface area contributed by atoms with Gasteiger partial charge in [0.2, 0.25) is 15.9 Å². The Labute approximate surface area is 194 Å². The van der Waals surface area contributed by atoms with E-state index < -0.39 is 14.9 Å². The summed E-state index contributed by atoms with van der Waals surface area (Å²) in [4.78, 5) is 25.9. The van der Waals surface area contributed by atoms with Crippen LogP contribution in [0.1, 0.15) is 32.3 Å². The molecule has 9 nitrogen and oxygen atoms in total. The van der Waals surface area contributed by atoms with Gasteiger partial charge in [-0.15, -0.1) is 0 Å². The SMILES string of the molecule is CCN(CC)S(=O)(=O)c1cc(NC(=O)C2CCN(c3ccccc3[N+](=O)[O-])CC2)ccc1C. The second-order valence-electron chi connectivity index (χ2n) is 8.07. The molecule has 1 aliphatic heterocycles. The monoisotopic (exact) mass is 474 g/mol. The Hall–Kier alpha value is -2.98. The molecule has 1 N–H and O–H groups in total. The van der Waals surface area contributed by atoms with Crippen LogP contribution in [0.4, 0.5) is 17.1 Å². The lowest BCUT2D eigenvalue weighted by molar-refractivity contribution is -0.384. The van der Waals surface area contributed by atoms with Gasteiger partial charge in [0, 0.05) is 43.9 Å². The fourth-order valence-electron chi connectivity index (χ4n) is 4.17. The summed E-state index contributed by atoms with van der Waals surface area (Å²) in [7, 11) is -3.64. The van der Waals surface area contributed by atoms with E-state index in [1.165, 1.54) is 16.4 Å². The molecule has 10 heteroatoms. The van der Waals surface area contributed by atoms with E-state index in [0.717, 1.165) is 0 Å². The van der Waals surface area contributed by atoms with Crippen LogP contribution in [0.15, 0.2) is 47.4 Å². The number of rotatable bonds is 8. The fourth-order valence-corrected chi connectivity index (χ4v) is 5.88. The fraction of sp³-hybridized carbons (Fsp3) is 0.435. The number of carbonyl (C=O) groups excluding carboxylic acids is 1. The van der Waals surface area contributed by atoms with Crippen molar-refractivity contribution in [3.8, 4) is 0 Å². The van der Waals surface area contributed by atoms with Crippen molar-refractivity contribution >= 4 is 33.0 Å². The van der Waals surface area contributed by atoms with E-state index in [2.05, 4.69) is 5.32 Å². The largest absolute Gasteiger partial charge is 0.366 e. The zero-order valence-electron chi connectivity index (χ0n) is 19.2. The molecule has 0 atom stereocenters. The summed E-state index contributed by atoms with van der Waals surface area (Å²) in [6, 6.07) is 11.5. The molecule has 1 amide bonds. The topological polar surface area (TPSA) is 113 Å².